The minimum atomic E-state index is 0.596. The van der Waals surface area contributed by atoms with Gasteiger partial charge in [0.2, 0.25) is 0 Å². The smallest absolute Gasteiger partial charge is 0.184 e. The Morgan fingerprint density at radius 1 is 1.50 bits per heavy atom. The van der Waals surface area contributed by atoms with Crippen LogP contribution in [0.5, 0.6) is 0 Å². The topological polar surface area (TPSA) is 24.9 Å². The third-order valence-electron chi connectivity index (χ3n) is 2.78. The molecule has 0 aromatic carbocycles. The highest BCUT2D eigenvalue weighted by atomic mass is 35.5. The Morgan fingerprint density at radius 2 is 2.29 bits per heavy atom. The van der Waals surface area contributed by atoms with Crippen molar-refractivity contribution in [2.24, 2.45) is 5.92 Å². The quantitative estimate of drug-likeness (QED) is 0.852. The van der Waals surface area contributed by atoms with Gasteiger partial charge in [-0.15, -0.1) is 11.3 Å². The second-order valence-corrected chi connectivity index (χ2v) is 5.09. The molecule has 1 heterocycles. The summed E-state index contributed by atoms with van der Waals surface area (Å²) in [4.78, 5) is 4.15. The zero-order valence-electron chi connectivity index (χ0n) is 8.13. The van der Waals surface area contributed by atoms with Crippen molar-refractivity contribution in [3.8, 4) is 0 Å². The molecule has 1 saturated carbocycles. The number of aromatic nitrogens is 1. The van der Waals surface area contributed by atoms with Gasteiger partial charge >= 0.3 is 0 Å². The first-order chi connectivity index (χ1) is 6.84. The van der Waals surface area contributed by atoms with Crippen molar-refractivity contribution >= 4 is 28.1 Å². The van der Waals surface area contributed by atoms with Crippen LogP contribution in [0.4, 0.5) is 5.13 Å². The summed E-state index contributed by atoms with van der Waals surface area (Å²) < 4.78 is 0. The van der Waals surface area contributed by atoms with Crippen molar-refractivity contribution in [3.05, 3.63) is 10.5 Å². The van der Waals surface area contributed by atoms with Crippen LogP contribution in [0, 0.1) is 5.92 Å². The molecule has 1 aliphatic carbocycles. The molecule has 1 N–H and O–H groups in total. The first kappa shape index (κ1) is 10.2. The Balaban J connectivity index is 1.67. The molecule has 2 nitrogen and oxygen atoms in total. The van der Waals surface area contributed by atoms with Gasteiger partial charge in [0.1, 0.15) is 5.15 Å². The van der Waals surface area contributed by atoms with Gasteiger partial charge < -0.3 is 5.32 Å². The molecule has 1 fully saturated rings. The van der Waals surface area contributed by atoms with Crippen molar-refractivity contribution in [1.29, 1.82) is 0 Å². The molecule has 0 radical (unpaired) electrons. The van der Waals surface area contributed by atoms with Crippen molar-refractivity contribution < 1.29 is 0 Å². The Hall–Kier alpha value is -0.280. The molecule has 2 rings (SSSR count). The monoisotopic (exact) mass is 230 g/mol. The van der Waals surface area contributed by atoms with E-state index in [2.05, 4.69) is 10.3 Å². The lowest BCUT2D eigenvalue weighted by Crippen LogP contribution is -2.06. The maximum absolute atomic E-state index is 5.73. The van der Waals surface area contributed by atoms with Gasteiger partial charge in [0.05, 0.1) is 0 Å². The summed E-state index contributed by atoms with van der Waals surface area (Å²) in [6.07, 6.45) is 6.96. The average molecular weight is 231 g/mol. The SMILES string of the molecule is Clc1csc(NCCC2CCCC2)n1. The van der Waals surface area contributed by atoms with Crippen LogP contribution < -0.4 is 5.32 Å². The van der Waals surface area contributed by atoms with Crippen LogP contribution in [0.2, 0.25) is 5.15 Å². The van der Waals surface area contributed by atoms with Gasteiger partial charge in [-0.25, -0.2) is 4.98 Å². The van der Waals surface area contributed by atoms with Crippen LogP contribution >= 0.6 is 22.9 Å². The predicted octanol–water partition coefficient (Wildman–Crippen LogP) is 3.79. The predicted molar refractivity (Wildman–Crippen MR) is 62.2 cm³/mol. The van der Waals surface area contributed by atoms with Gasteiger partial charge in [-0.2, -0.15) is 0 Å². The number of hydrogen-bond donors (Lipinski definition) is 1. The summed E-state index contributed by atoms with van der Waals surface area (Å²) in [6.45, 7) is 1.04. The van der Waals surface area contributed by atoms with Gasteiger partial charge in [0.25, 0.3) is 0 Å². The Bertz CT molecular complexity index is 281. The lowest BCUT2D eigenvalue weighted by molar-refractivity contribution is 0.518. The van der Waals surface area contributed by atoms with Crippen LogP contribution in [-0.2, 0) is 0 Å². The van der Waals surface area contributed by atoms with Gasteiger partial charge in [-0.3, -0.25) is 0 Å². The van der Waals surface area contributed by atoms with Crippen LogP contribution in [0.25, 0.3) is 0 Å². The number of rotatable bonds is 4. The molecule has 0 spiro atoms. The molecule has 4 heteroatoms. The Morgan fingerprint density at radius 3 is 2.93 bits per heavy atom. The van der Waals surface area contributed by atoms with Gasteiger partial charge in [0.15, 0.2) is 5.13 Å². The molecular formula is C10H15ClN2S. The van der Waals surface area contributed by atoms with Gasteiger partial charge in [-0.1, -0.05) is 37.3 Å². The van der Waals surface area contributed by atoms with E-state index in [0.717, 1.165) is 17.6 Å². The number of thiazole rings is 1. The summed E-state index contributed by atoms with van der Waals surface area (Å²) in [7, 11) is 0. The van der Waals surface area contributed by atoms with Crippen molar-refractivity contribution in [3.63, 3.8) is 0 Å². The van der Waals surface area contributed by atoms with Gasteiger partial charge in [0, 0.05) is 11.9 Å². The summed E-state index contributed by atoms with van der Waals surface area (Å²) in [6, 6.07) is 0. The molecule has 0 saturated heterocycles. The zero-order valence-corrected chi connectivity index (χ0v) is 9.70. The van der Waals surface area contributed by atoms with Crippen LogP contribution in [0.3, 0.4) is 0 Å². The molecule has 78 valence electrons. The van der Waals surface area contributed by atoms with E-state index >= 15 is 0 Å². The Labute approximate surface area is 93.7 Å². The van der Waals surface area contributed by atoms with Crippen LogP contribution in [0.15, 0.2) is 5.38 Å². The second kappa shape index (κ2) is 4.99. The Kier molecular flexibility index (Phi) is 3.65. The highest BCUT2D eigenvalue weighted by Gasteiger charge is 2.14. The largest absolute Gasteiger partial charge is 0.361 e. The molecule has 0 atom stereocenters. The lowest BCUT2D eigenvalue weighted by atomic mass is 10.0. The fourth-order valence-electron chi connectivity index (χ4n) is 2.02. The maximum atomic E-state index is 5.73. The fraction of sp³-hybridized carbons (Fsp3) is 0.700. The zero-order chi connectivity index (χ0) is 9.80. The van der Waals surface area contributed by atoms with Crippen molar-refractivity contribution in [1.82, 2.24) is 4.98 Å². The maximum Gasteiger partial charge on any atom is 0.184 e. The first-order valence-corrected chi connectivity index (χ1v) is 6.45. The number of nitrogens with zero attached hydrogens (tertiary/aromatic N) is 1. The highest BCUT2D eigenvalue weighted by molar-refractivity contribution is 7.14. The van der Waals surface area contributed by atoms with E-state index in [1.165, 1.54) is 32.1 Å². The second-order valence-electron chi connectivity index (χ2n) is 3.84. The molecule has 1 aromatic heterocycles. The van der Waals surface area contributed by atoms with Crippen LogP contribution in [0.1, 0.15) is 32.1 Å². The summed E-state index contributed by atoms with van der Waals surface area (Å²) in [5.74, 6) is 0.943. The van der Waals surface area contributed by atoms with Crippen molar-refractivity contribution in [2.45, 2.75) is 32.1 Å². The van der Waals surface area contributed by atoms with E-state index in [1.807, 2.05) is 5.38 Å². The average Bonchev–Trinajstić information content (AvgIpc) is 2.77. The molecular weight excluding hydrogens is 216 g/mol. The van der Waals surface area contributed by atoms with E-state index in [0.29, 0.717) is 5.15 Å². The first-order valence-electron chi connectivity index (χ1n) is 5.19. The summed E-state index contributed by atoms with van der Waals surface area (Å²) >= 11 is 7.30. The number of nitrogens with one attached hydrogen (secondary N) is 1. The summed E-state index contributed by atoms with van der Waals surface area (Å²) in [5.41, 5.74) is 0. The van der Waals surface area contributed by atoms with Crippen LogP contribution in [-0.4, -0.2) is 11.5 Å². The van der Waals surface area contributed by atoms with E-state index in [9.17, 15) is 0 Å². The van der Waals surface area contributed by atoms with Crippen molar-refractivity contribution in [2.75, 3.05) is 11.9 Å². The summed E-state index contributed by atoms with van der Waals surface area (Å²) in [5, 5.41) is 6.72. The van der Waals surface area contributed by atoms with E-state index in [1.54, 1.807) is 11.3 Å². The number of hydrogen-bond acceptors (Lipinski definition) is 3. The highest BCUT2D eigenvalue weighted by Crippen LogP contribution is 2.27. The number of halogens is 1. The number of anilines is 1. The van der Waals surface area contributed by atoms with Gasteiger partial charge in [-0.05, 0) is 12.3 Å². The van der Waals surface area contributed by atoms with E-state index in [-0.39, 0.29) is 0 Å². The minimum absolute atomic E-state index is 0.596. The fourth-order valence-corrected chi connectivity index (χ4v) is 2.88. The molecule has 1 aliphatic rings. The molecule has 0 unspecified atom stereocenters. The molecule has 0 amide bonds. The molecule has 0 aliphatic heterocycles. The molecule has 0 bridgehead atoms. The van der Waals surface area contributed by atoms with E-state index < -0.39 is 0 Å². The third kappa shape index (κ3) is 2.85. The van der Waals surface area contributed by atoms with E-state index in [4.69, 9.17) is 11.6 Å². The lowest BCUT2D eigenvalue weighted by Gasteiger charge is -2.08. The molecule has 1 aromatic rings. The normalized spacial score (nSPS) is 17.5. The molecule has 14 heavy (non-hydrogen) atoms. The standard InChI is InChI=1S/C10H15ClN2S/c11-9-7-14-10(13-9)12-6-5-8-3-1-2-4-8/h7-8H,1-6H2,(H,12,13). The minimum Gasteiger partial charge on any atom is -0.361 e. The third-order valence-corrected chi connectivity index (χ3v) is 3.90.